The number of halogens is 3. The van der Waals surface area contributed by atoms with Gasteiger partial charge in [-0.25, -0.2) is 0 Å². The maximum atomic E-state index is 11.6. The van der Waals surface area contributed by atoms with Crippen LogP contribution >= 0.6 is 46.6 Å². The zero-order valence-electron chi connectivity index (χ0n) is 9.91. The summed E-state index contributed by atoms with van der Waals surface area (Å²) in [6.07, 6.45) is 0. The van der Waals surface area contributed by atoms with Crippen molar-refractivity contribution in [2.24, 2.45) is 4.99 Å². The van der Waals surface area contributed by atoms with Gasteiger partial charge in [-0.05, 0) is 17.7 Å². The lowest BCUT2D eigenvalue weighted by atomic mass is 10.2. The van der Waals surface area contributed by atoms with Crippen molar-refractivity contribution in [3.8, 4) is 0 Å². The summed E-state index contributed by atoms with van der Waals surface area (Å²) in [6, 6.07) is 5.37. The number of hydrogen-bond donors (Lipinski definition) is 0. The number of aliphatic imine (C=N–C) groups is 1. The molecule has 0 radical (unpaired) electrons. The van der Waals surface area contributed by atoms with Crippen LogP contribution in [-0.2, 0) is 10.5 Å². The molecule has 19 heavy (non-hydrogen) atoms. The maximum Gasteiger partial charge on any atom is 0.243 e. The Kier molecular flexibility index (Phi) is 5.39. The average molecular weight is 338 g/mol. The summed E-state index contributed by atoms with van der Waals surface area (Å²) in [4.78, 5) is 17.5. The first kappa shape index (κ1) is 15.0. The number of amidine groups is 1. The molecule has 0 atom stereocenters. The first-order valence-electron chi connectivity index (χ1n) is 5.59. The van der Waals surface area contributed by atoms with Crippen LogP contribution in [-0.4, -0.2) is 34.9 Å². The van der Waals surface area contributed by atoms with Crippen LogP contribution in [0.5, 0.6) is 0 Å². The van der Waals surface area contributed by atoms with E-state index in [0.717, 1.165) is 5.56 Å². The van der Waals surface area contributed by atoms with Crippen molar-refractivity contribution in [1.29, 1.82) is 0 Å². The van der Waals surface area contributed by atoms with E-state index in [1.165, 1.54) is 11.8 Å². The SMILES string of the molecule is O=C(CCl)N1CCN=C1SCc1ccc(Cl)cc1Cl. The molecule has 0 saturated heterocycles. The van der Waals surface area contributed by atoms with Gasteiger partial charge >= 0.3 is 0 Å². The molecular formula is C12H11Cl3N2OS. The largest absolute Gasteiger partial charge is 0.289 e. The van der Waals surface area contributed by atoms with Gasteiger partial charge in [0.2, 0.25) is 5.91 Å². The van der Waals surface area contributed by atoms with Gasteiger partial charge in [0, 0.05) is 22.3 Å². The van der Waals surface area contributed by atoms with Crippen molar-refractivity contribution in [3.63, 3.8) is 0 Å². The lowest BCUT2D eigenvalue weighted by Gasteiger charge is -2.16. The highest BCUT2D eigenvalue weighted by molar-refractivity contribution is 8.13. The third-order valence-electron chi connectivity index (χ3n) is 2.59. The third-order valence-corrected chi connectivity index (χ3v) is 4.47. The Labute approximate surface area is 130 Å². The van der Waals surface area contributed by atoms with Gasteiger partial charge in [-0.2, -0.15) is 0 Å². The van der Waals surface area contributed by atoms with Crippen molar-refractivity contribution >= 4 is 57.6 Å². The van der Waals surface area contributed by atoms with Crippen molar-refractivity contribution in [2.45, 2.75) is 5.75 Å². The Morgan fingerprint density at radius 1 is 1.42 bits per heavy atom. The molecule has 1 aliphatic rings. The summed E-state index contributed by atoms with van der Waals surface area (Å²) in [6.45, 7) is 1.22. The second kappa shape index (κ2) is 6.84. The summed E-state index contributed by atoms with van der Waals surface area (Å²) in [5.74, 6) is 0.495. The van der Waals surface area contributed by atoms with Crippen LogP contribution in [0.15, 0.2) is 23.2 Å². The van der Waals surface area contributed by atoms with E-state index in [2.05, 4.69) is 4.99 Å². The van der Waals surface area contributed by atoms with E-state index in [-0.39, 0.29) is 11.8 Å². The molecule has 0 fully saturated rings. The zero-order chi connectivity index (χ0) is 13.8. The zero-order valence-corrected chi connectivity index (χ0v) is 13.0. The summed E-state index contributed by atoms with van der Waals surface area (Å²) in [7, 11) is 0. The van der Waals surface area contributed by atoms with Crippen LogP contribution < -0.4 is 0 Å². The maximum absolute atomic E-state index is 11.6. The van der Waals surface area contributed by atoms with Crippen molar-refractivity contribution < 1.29 is 4.79 Å². The molecule has 1 aromatic carbocycles. The van der Waals surface area contributed by atoms with E-state index in [1.807, 2.05) is 6.07 Å². The standard InChI is InChI=1S/C12H11Cl3N2OS/c13-6-11(18)17-4-3-16-12(17)19-7-8-1-2-9(14)5-10(8)15/h1-2,5H,3-4,6-7H2. The number of rotatable bonds is 3. The number of benzene rings is 1. The molecule has 1 aromatic rings. The van der Waals surface area contributed by atoms with Crippen molar-refractivity contribution in [1.82, 2.24) is 4.90 Å². The lowest BCUT2D eigenvalue weighted by molar-refractivity contribution is -0.124. The number of thioether (sulfide) groups is 1. The Bertz CT molecular complexity index is 522. The smallest absolute Gasteiger partial charge is 0.243 e. The fourth-order valence-corrected chi connectivity index (χ4v) is 3.40. The molecule has 7 heteroatoms. The van der Waals surface area contributed by atoms with Gasteiger partial charge in [0.15, 0.2) is 5.17 Å². The molecule has 1 aliphatic heterocycles. The number of nitrogens with zero attached hydrogens (tertiary/aromatic N) is 2. The van der Waals surface area contributed by atoms with E-state index in [4.69, 9.17) is 34.8 Å². The van der Waals surface area contributed by atoms with E-state index in [0.29, 0.717) is 34.1 Å². The van der Waals surface area contributed by atoms with Crippen LogP contribution in [0.3, 0.4) is 0 Å². The van der Waals surface area contributed by atoms with E-state index >= 15 is 0 Å². The van der Waals surface area contributed by atoms with Crippen LogP contribution in [0.1, 0.15) is 5.56 Å². The minimum absolute atomic E-state index is 0.0265. The normalized spacial score (nSPS) is 14.7. The highest BCUT2D eigenvalue weighted by atomic mass is 35.5. The molecule has 0 unspecified atom stereocenters. The highest BCUT2D eigenvalue weighted by Gasteiger charge is 2.23. The van der Waals surface area contributed by atoms with Gasteiger partial charge in [-0.3, -0.25) is 14.7 Å². The van der Waals surface area contributed by atoms with Gasteiger partial charge in [0.1, 0.15) is 5.88 Å². The molecule has 0 aromatic heterocycles. The fraction of sp³-hybridized carbons (Fsp3) is 0.333. The molecule has 2 rings (SSSR count). The molecule has 102 valence electrons. The van der Waals surface area contributed by atoms with E-state index in [9.17, 15) is 4.79 Å². The van der Waals surface area contributed by atoms with Crippen LogP contribution in [0.4, 0.5) is 0 Å². The van der Waals surface area contributed by atoms with Gasteiger partial charge in [-0.15, -0.1) is 11.6 Å². The lowest BCUT2D eigenvalue weighted by Crippen LogP contribution is -2.33. The van der Waals surface area contributed by atoms with Gasteiger partial charge in [-0.1, -0.05) is 41.0 Å². The van der Waals surface area contributed by atoms with Crippen LogP contribution in [0, 0.1) is 0 Å². The summed E-state index contributed by atoms with van der Waals surface area (Å²) >= 11 is 19.0. The predicted molar refractivity (Wildman–Crippen MR) is 82.5 cm³/mol. The molecule has 0 bridgehead atoms. The molecule has 3 nitrogen and oxygen atoms in total. The minimum atomic E-state index is -0.118. The van der Waals surface area contributed by atoms with Crippen LogP contribution in [0.25, 0.3) is 0 Å². The molecular weight excluding hydrogens is 327 g/mol. The Morgan fingerprint density at radius 3 is 2.89 bits per heavy atom. The quantitative estimate of drug-likeness (QED) is 0.788. The number of amides is 1. The number of alkyl halides is 1. The summed E-state index contributed by atoms with van der Waals surface area (Å²) < 4.78 is 0. The topological polar surface area (TPSA) is 32.7 Å². The second-order valence-electron chi connectivity index (χ2n) is 3.87. The number of hydrogen-bond acceptors (Lipinski definition) is 3. The van der Waals surface area contributed by atoms with Gasteiger partial charge < -0.3 is 0 Å². The predicted octanol–water partition coefficient (Wildman–Crippen LogP) is 3.66. The molecule has 0 aliphatic carbocycles. The van der Waals surface area contributed by atoms with Crippen molar-refractivity contribution in [3.05, 3.63) is 33.8 Å². The Balaban J connectivity index is 2.00. The molecule has 1 amide bonds. The van der Waals surface area contributed by atoms with E-state index in [1.54, 1.807) is 17.0 Å². The monoisotopic (exact) mass is 336 g/mol. The number of carbonyl (C=O) groups excluding carboxylic acids is 1. The van der Waals surface area contributed by atoms with Gasteiger partial charge in [0.25, 0.3) is 0 Å². The molecule has 0 N–H and O–H groups in total. The molecule has 1 heterocycles. The minimum Gasteiger partial charge on any atom is -0.289 e. The second-order valence-corrected chi connectivity index (χ2v) is 5.92. The first-order valence-corrected chi connectivity index (χ1v) is 7.87. The number of carbonyl (C=O) groups is 1. The van der Waals surface area contributed by atoms with Crippen LogP contribution in [0.2, 0.25) is 10.0 Å². The Hall–Kier alpha value is -0.420. The van der Waals surface area contributed by atoms with Gasteiger partial charge in [0.05, 0.1) is 6.54 Å². The first-order chi connectivity index (χ1) is 9.11. The fourth-order valence-electron chi connectivity index (χ4n) is 1.63. The van der Waals surface area contributed by atoms with Crippen molar-refractivity contribution in [2.75, 3.05) is 19.0 Å². The third kappa shape index (κ3) is 3.78. The molecule has 0 saturated carbocycles. The van der Waals surface area contributed by atoms with E-state index < -0.39 is 0 Å². The summed E-state index contributed by atoms with van der Waals surface area (Å²) in [5, 5.41) is 1.93. The summed E-state index contributed by atoms with van der Waals surface area (Å²) in [5.41, 5.74) is 0.962. The highest BCUT2D eigenvalue weighted by Crippen LogP contribution is 2.26. The average Bonchev–Trinajstić information content (AvgIpc) is 2.85. The molecule has 0 spiro atoms. The Morgan fingerprint density at radius 2 is 2.21 bits per heavy atom.